The number of hydrogen-bond acceptors (Lipinski definition) is 6. The number of carbonyl (C=O) groups is 1. The Morgan fingerprint density at radius 1 is 1.03 bits per heavy atom. The molecule has 0 aliphatic carbocycles. The fourth-order valence-electron chi connectivity index (χ4n) is 3.26. The van der Waals surface area contributed by atoms with Gasteiger partial charge in [-0.1, -0.05) is 41.1 Å². The van der Waals surface area contributed by atoms with Crippen LogP contribution in [0.1, 0.15) is 16.7 Å². The van der Waals surface area contributed by atoms with Crippen molar-refractivity contribution in [2.75, 3.05) is 11.2 Å². The number of amides is 1. The maximum atomic E-state index is 13.4. The summed E-state index contributed by atoms with van der Waals surface area (Å²) >= 11 is 7.76. The minimum atomic E-state index is -3.29. The summed E-state index contributed by atoms with van der Waals surface area (Å²) in [6.45, 7) is 2.29. The molecule has 0 aliphatic rings. The summed E-state index contributed by atoms with van der Waals surface area (Å²) in [7, 11) is -3.29. The number of aryl methyl sites for hydroxylation is 1. The standard InChI is InChI=1S/C23H20ClN3O3S2/c1-15-3-8-19(24)22-21(15)26-23(31-22)27(14-17-9-11-25-12-10-17)20(28)13-16-4-6-18(7-5-16)32(2,29)30/h3-12H,13-14H2,1-2H3. The van der Waals surface area contributed by atoms with E-state index in [2.05, 4.69) is 4.98 Å². The van der Waals surface area contributed by atoms with Crippen LogP contribution in [-0.2, 0) is 27.6 Å². The van der Waals surface area contributed by atoms with Crippen molar-refractivity contribution in [2.24, 2.45) is 0 Å². The number of anilines is 1. The van der Waals surface area contributed by atoms with Crippen molar-refractivity contribution in [3.63, 3.8) is 0 Å². The Morgan fingerprint density at radius 2 is 1.72 bits per heavy atom. The second-order valence-corrected chi connectivity index (χ2v) is 10.9. The van der Waals surface area contributed by atoms with Crippen molar-refractivity contribution >= 4 is 54.0 Å². The zero-order valence-corrected chi connectivity index (χ0v) is 19.8. The molecule has 0 atom stereocenters. The molecule has 0 spiro atoms. The first-order valence-corrected chi connectivity index (χ1v) is 12.8. The topological polar surface area (TPSA) is 80.2 Å². The van der Waals surface area contributed by atoms with Gasteiger partial charge in [0.2, 0.25) is 5.91 Å². The number of aromatic nitrogens is 2. The number of sulfone groups is 1. The van der Waals surface area contributed by atoms with Gasteiger partial charge >= 0.3 is 0 Å². The van der Waals surface area contributed by atoms with E-state index in [4.69, 9.17) is 16.6 Å². The van der Waals surface area contributed by atoms with E-state index in [1.165, 1.54) is 23.5 Å². The van der Waals surface area contributed by atoms with Crippen LogP contribution < -0.4 is 4.90 Å². The third-order valence-corrected chi connectivity index (χ3v) is 7.68. The normalized spacial score (nSPS) is 11.6. The van der Waals surface area contributed by atoms with E-state index in [0.29, 0.717) is 16.7 Å². The predicted octanol–water partition coefficient (Wildman–Crippen LogP) is 4.83. The molecule has 4 rings (SSSR count). The lowest BCUT2D eigenvalue weighted by atomic mass is 10.1. The fraction of sp³-hybridized carbons (Fsp3) is 0.174. The SMILES string of the molecule is Cc1ccc(Cl)c2sc(N(Cc3ccncc3)C(=O)Cc3ccc(S(C)(=O)=O)cc3)nc12. The largest absolute Gasteiger partial charge is 0.283 e. The van der Waals surface area contributed by atoms with Crippen molar-refractivity contribution < 1.29 is 13.2 Å². The zero-order chi connectivity index (χ0) is 22.9. The summed E-state index contributed by atoms with van der Waals surface area (Å²) in [5.41, 5.74) is 3.41. The number of fused-ring (bicyclic) bond motifs is 1. The number of carbonyl (C=O) groups excluding carboxylic acids is 1. The highest BCUT2D eigenvalue weighted by Gasteiger charge is 2.22. The molecule has 9 heteroatoms. The average Bonchev–Trinajstić information content (AvgIpc) is 3.21. The molecule has 0 saturated heterocycles. The number of thiazole rings is 1. The third-order valence-electron chi connectivity index (χ3n) is 5.01. The van der Waals surface area contributed by atoms with Crippen molar-refractivity contribution in [2.45, 2.75) is 24.8 Å². The maximum Gasteiger partial charge on any atom is 0.233 e. The Hall–Kier alpha value is -2.81. The van der Waals surface area contributed by atoms with Crippen LogP contribution in [0.3, 0.4) is 0 Å². The van der Waals surface area contributed by atoms with E-state index in [0.717, 1.165) is 33.2 Å². The minimum Gasteiger partial charge on any atom is -0.283 e. The molecule has 0 N–H and O–H groups in total. The highest BCUT2D eigenvalue weighted by Crippen LogP contribution is 2.36. The molecule has 2 aromatic heterocycles. The lowest BCUT2D eigenvalue weighted by Gasteiger charge is -2.20. The van der Waals surface area contributed by atoms with Gasteiger partial charge in [-0.15, -0.1) is 0 Å². The van der Waals surface area contributed by atoms with Crippen molar-refractivity contribution in [1.29, 1.82) is 0 Å². The van der Waals surface area contributed by atoms with Gasteiger partial charge in [-0.05, 0) is 53.9 Å². The van der Waals surface area contributed by atoms with Gasteiger partial charge in [0.15, 0.2) is 15.0 Å². The molecule has 4 aromatic rings. The van der Waals surface area contributed by atoms with Gasteiger partial charge in [0.05, 0.1) is 33.1 Å². The molecule has 0 bridgehead atoms. The average molecular weight is 486 g/mol. The first-order valence-electron chi connectivity index (χ1n) is 9.76. The van der Waals surface area contributed by atoms with Gasteiger partial charge in [-0.3, -0.25) is 14.7 Å². The van der Waals surface area contributed by atoms with Crippen LogP contribution in [0.2, 0.25) is 5.02 Å². The van der Waals surface area contributed by atoms with Gasteiger partial charge < -0.3 is 0 Å². The number of pyridine rings is 1. The van der Waals surface area contributed by atoms with Crippen LogP contribution in [0.25, 0.3) is 10.2 Å². The van der Waals surface area contributed by atoms with E-state index in [1.807, 2.05) is 31.2 Å². The summed E-state index contributed by atoms with van der Waals surface area (Å²) < 4.78 is 24.2. The van der Waals surface area contributed by atoms with E-state index in [9.17, 15) is 13.2 Å². The molecular formula is C23H20ClN3O3S2. The Balaban J connectivity index is 1.69. The second kappa shape index (κ2) is 8.97. The summed E-state index contributed by atoms with van der Waals surface area (Å²) in [5, 5.41) is 1.16. The summed E-state index contributed by atoms with van der Waals surface area (Å²) in [5.74, 6) is -0.151. The Morgan fingerprint density at radius 3 is 2.34 bits per heavy atom. The molecule has 2 aromatic carbocycles. The van der Waals surface area contributed by atoms with Crippen molar-refractivity contribution in [3.05, 3.63) is 82.6 Å². The van der Waals surface area contributed by atoms with Gasteiger partial charge in [-0.25, -0.2) is 13.4 Å². The van der Waals surface area contributed by atoms with Crippen LogP contribution in [0.15, 0.2) is 65.8 Å². The molecule has 0 aliphatic heterocycles. The molecular weight excluding hydrogens is 466 g/mol. The highest BCUT2D eigenvalue weighted by atomic mass is 35.5. The van der Waals surface area contributed by atoms with Gasteiger partial charge in [0, 0.05) is 18.6 Å². The maximum absolute atomic E-state index is 13.4. The number of hydrogen-bond donors (Lipinski definition) is 0. The molecule has 6 nitrogen and oxygen atoms in total. The summed E-state index contributed by atoms with van der Waals surface area (Å²) in [6.07, 6.45) is 4.63. The van der Waals surface area contributed by atoms with Gasteiger partial charge in [0.25, 0.3) is 0 Å². The van der Waals surface area contributed by atoms with E-state index in [1.54, 1.807) is 29.4 Å². The number of nitrogens with zero attached hydrogens (tertiary/aromatic N) is 3. The molecule has 0 saturated carbocycles. The van der Waals surface area contributed by atoms with Crippen LogP contribution in [0.4, 0.5) is 5.13 Å². The lowest BCUT2D eigenvalue weighted by Crippen LogP contribution is -2.31. The third kappa shape index (κ3) is 4.82. The van der Waals surface area contributed by atoms with Crippen molar-refractivity contribution in [3.8, 4) is 0 Å². The van der Waals surface area contributed by atoms with Crippen LogP contribution in [0.5, 0.6) is 0 Å². The van der Waals surface area contributed by atoms with E-state index in [-0.39, 0.29) is 17.2 Å². The number of halogens is 1. The van der Waals surface area contributed by atoms with E-state index >= 15 is 0 Å². The fourth-order valence-corrected chi connectivity index (χ4v) is 5.23. The second-order valence-electron chi connectivity index (χ2n) is 7.47. The van der Waals surface area contributed by atoms with Crippen LogP contribution in [-0.4, -0.2) is 30.5 Å². The summed E-state index contributed by atoms with van der Waals surface area (Å²) in [6, 6.07) is 13.8. The quantitative estimate of drug-likeness (QED) is 0.390. The number of benzene rings is 2. The van der Waals surface area contributed by atoms with Crippen LogP contribution >= 0.6 is 22.9 Å². The monoisotopic (exact) mass is 485 g/mol. The van der Waals surface area contributed by atoms with Crippen LogP contribution in [0, 0.1) is 6.92 Å². The smallest absolute Gasteiger partial charge is 0.233 e. The Labute approximate surface area is 195 Å². The Kier molecular flexibility index (Phi) is 6.28. The predicted molar refractivity (Wildman–Crippen MR) is 128 cm³/mol. The molecule has 0 unspecified atom stereocenters. The summed E-state index contributed by atoms with van der Waals surface area (Å²) in [4.78, 5) is 24.0. The molecule has 0 fully saturated rings. The highest BCUT2D eigenvalue weighted by molar-refractivity contribution is 7.90. The zero-order valence-electron chi connectivity index (χ0n) is 17.4. The van der Waals surface area contributed by atoms with Crippen molar-refractivity contribution in [1.82, 2.24) is 9.97 Å². The molecule has 164 valence electrons. The first-order chi connectivity index (χ1) is 15.2. The number of rotatable bonds is 6. The molecule has 1 amide bonds. The van der Waals surface area contributed by atoms with E-state index < -0.39 is 9.84 Å². The minimum absolute atomic E-state index is 0.109. The first kappa shape index (κ1) is 22.4. The lowest BCUT2D eigenvalue weighted by molar-refractivity contribution is -0.118. The van der Waals surface area contributed by atoms with Gasteiger partial charge in [0.1, 0.15) is 0 Å². The Bertz CT molecular complexity index is 1350. The molecule has 2 heterocycles. The van der Waals surface area contributed by atoms with Gasteiger partial charge in [-0.2, -0.15) is 0 Å². The molecule has 0 radical (unpaired) electrons. The molecule has 32 heavy (non-hydrogen) atoms.